The number of hydrogen-bond acceptors (Lipinski definition) is 2. The van der Waals surface area contributed by atoms with E-state index in [9.17, 15) is 13.6 Å². The van der Waals surface area contributed by atoms with E-state index in [1.54, 1.807) is 0 Å². The maximum atomic E-state index is 12.8. The SMILES string of the molecule is CC(F)(F)c1ccc(C(N)C(=O)O)cc1. The predicted octanol–water partition coefficient (Wildman–Crippen LogP) is 1.88. The molecule has 1 aromatic rings. The molecule has 5 heteroatoms. The fourth-order valence-corrected chi connectivity index (χ4v) is 1.13. The average molecular weight is 215 g/mol. The number of halogens is 2. The van der Waals surface area contributed by atoms with Crippen LogP contribution in [0.5, 0.6) is 0 Å². The Balaban J connectivity index is 2.95. The van der Waals surface area contributed by atoms with Crippen molar-refractivity contribution in [2.45, 2.75) is 18.9 Å². The number of carboxylic acids is 1. The molecule has 0 aliphatic carbocycles. The first-order valence-corrected chi connectivity index (χ1v) is 4.29. The van der Waals surface area contributed by atoms with E-state index < -0.39 is 17.9 Å². The molecule has 3 N–H and O–H groups in total. The molecule has 0 bridgehead atoms. The van der Waals surface area contributed by atoms with Gasteiger partial charge in [0, 0.05) is 12.5 Å². The van der Waals surface area contributed by atoms with E-state index in [-0.39, 0.29) is 5.56 Å². The van der Waals surface area contributed by atoms with Crippen LogP contribution < -0.4 is 5.73 Å². The number of hydrogen-bond donors (Lipinski definition) is 2. The molecule has 0 amide bonds. The molecule has 0 aromatic heterocycles. The van der Waals surface area contributed by atoms with Gasteiger partial charge in [0.15, 0.2) is 0 Å². The van der Waals surface area contributed by atoms with Gasteiger partial charge >= 0.3 is 5.97 Å². The van der Waals surface area contributed by atoms with Gasteiger partial charge in [-0.05, 0) is 5.56 Å². The van der Waals surface area contributed by atoms with E-state index in [0.717, 1.165) is 6.92 Å². The summed E-state index contributed by atoms with van der Waals surface area (Å²) in [6.07, 6.45) is 0. The largest absolute Gasteiger partial charge is 0.480 e. The summed E-state index contributed by atoms with van der Waals surface area (Å²) >= 11 is 0. The lowest BCUT2D eigenvalue weighted by molar-refractivity contribution is -0.138. The van der Waals surface area contributed by atoms with Gasteiger partial charge in [0.1, 0.15) is 6.04 Å². The van der Waals surface area contributed by atoms with Crippen LogP contribution in [0.25, 0.3) is 0 Å². The minimum Gasteiger partial charge on any atom is -0.480 e. The number of carbonyl (C=O) groups is 1. The van der Waals surface area contributed by atoms with Gasteiger partial charge in [-0.2, -0.15) is 0 Å². The molecule has 1 aromatic carbocycles. The Hall–Kier alpha value is -1.49. The second-order valence-corrected chi connectivity index (χ2v) is 3.33. The minimum atomic E-state index is -2.92. The molecule has 1 unspecified atom stereocenters. The summed E-state index contributed by atoms with van der Waals surface area (Å²) in [4.78, 5) is 10.5. The normalized spacial score (nSPS) is 13.6. The lowest BCUT2D eigenvalue weighted by atomic mass is 10.0. The smallest absolute Gasteiger partial charge is 0.325 e. The number of aliphatic carboxylic acids is 1. The van der Waals surface area contributed by atoms with Crippen molar-refractivity contribution in [3.63, 3.8) is 0 Å². The number of carboxylic acid groups (broad SMARTS) is 1. The van der Waals surface area contributed by atoms with Crippen LogP contribution in [0.3, 0.4) is 0 Å². The zero-order chi connectivity index (χ0) is 11.6. The Bertz CT molecular complexity index is 357. The van der Waals surface area contributed by atoms with E-state index in [4.69, 9.17) is 10.8 Å². The number of alkyl halides is 2. The van der Waals surface area contributed by atoms with E-state index in [0.29, 0.717) is 5.56 Å². The molecule has 1 atom stereocenters. The third kappa shape index (κ3) is 2.73. The van der Waals surface area contributed by atoms with Gasteiger partial charge in [0.2, 0.25) is 0 Å². The summed E-state index contributed by atoms with van der Waals surface area (Å²) in [7, 11) is 0. The van der Waals surface area contributed by atoms with Gasteiger partial charge in [-0.25, -0.2) is 8.78 Å². The van der Waals surface area contributed by atoms with Gasteiger partial charge in [0.05, 0.1) is 0 Å². The Morgan fingerprint density at radius 2 is 1.87 bits per heavy atom. The Labute approximate surface area is 85.5 Å². The standard InChI is InChI=1S/C10H11F2NO2/c1-10(11,12)7-4-2-6(3-5-7)8(13)9(14)15/h2-5,8H,13H2,1H3,(H,14,15). The van der Waals surface area contributed by atoms with E-state index >= 15 is 0 Å². The summed E-state index contributed by atoms with van der Waals surface area (Å²) in [5.74, 6) is -4.11. The van der Waals surface area contributed by atoms with Crippen molar-refractivity contribution in [3.8, 4) is 0 Å². The molecule has 0 saturated carbocycles. The average Bonchev–Trinajstić information content (AvgIpc) is 2.15. The number of nitrogens with two attached hydrogens (primary N) is 1. The topological polar surface area (TPSA) is 63.3 Å². The summed E-state index contributed by atoms with van der Waals surface area (Å²) in [5, 5.41) is 8.59. The molecule has 82 valence electrons. The zero-order valence-electron chi connectivity index (χ0n) is 8.08. The fourth-order valence-electron chi connectivity index (χ4n) is 1.13. The molecule has 0 aliphatic rings. The van der Waals surface area contributed by atoms with Crippen LogP contribution in [0.1, 0.15) is 24.1 Å². The third-order valence-corrected chi connectivity index (χ3v) is 2.04. The molecule has 3 nitrogen and oxygen atoms in total. The molecule has 0 saturated heterocycles. The highest BCUT2D eigenvalue weighted by molar-refractivity contribution is 5.75. The van der Waals surface area contributed by atoms with E-state index in [1.165, 1.54) is 24.3 Å². The van der Waals surface area contributed by atoms with Crippen LogP contribution in [0.4, 0.5) is 8.78 Å². The molecule has 0 radical (unpaired) electrons. The summed E-state index contributed by atoms with van der Waals surface area (Å²) in [5.41, 5.74) is 5.45. The highest BCUT2D eigenvalue weighted by Crippen LogP contribution is 2.27. The summed E-state index contributed by atoms with van der Waals surface area (Å²) in [6, 6.07) is 3.78. The summed E-state index contributed by atoms with van der Waals surface area (Å²) in [6.45, 7) is 0.777. The van der Waals surface area contributed by atoms with Crippen molar-refractivity contribution in [2.75, 3.05) is 0 Å². The zero-order valence-corrected chi connectivity index (χ0v) is 8.08. The third-order valence-electron chi connectivity index (χ3n) is 2.04. The van der Waals surface area contributed by atoms with Crippen molar-refractivity contribution in [1.29, 1.82) is 0 Å². The second-order valence-electron chi connectivity index (χ2n) is 3.33. The van der Waals surface area contributed by atoms with Crippen molar-refractivity contribution in [1.82, 2.24) is 0 Å². The number of benzene rings is 1. The first-order chi connectivity index (χ1) is 6.82. The highest BCUT2D eigenvalue weighted by atomic mass is 19.3. The van der Waals surface area contributed by atoms with Gasteiger partial charge in [-0.15, -0.1) is 0 Å². The molecular formula is C10H11F2NO2. The first kappa shape index (κ1) is 11.6. The Kier molecular flexibility index (Phi) is 3.04. The van der Waals surface area contributed by atoms with Crippen LogP contribution in [0.2, 0.25) is 0 Å². The highest BCUT2D eigenvalue weighted by Gasteiger charge is 2.24. The molecular weight excluding hydrogens is 204 g/mol. The summed E-state index contributed by atoms with van der Waals surface area (Å²) < 4.78 is 25.6. The molecule has 0 spiro atoms. The molecule has 0 heterocycles. The van der Waals surface area contributed by atoms with Crippen molar-refractivity contribution in [2.24, 2.45) is 5.73 Å². The van der Waals surface area contributed by atoms with Crippen molar-refractivity contribution >= 4 is 5.97 Å². The molecule has 0 aliphatic heterocycles. The van der Waals surface area contributed by atoms with Gasteiger partial charge < -0.3 is 10.8 Å². The van der Waals surface area contributed by atoms with Crippen molar-refractivity contribution < 1.29 is 18.7 Å². The maximum Gasteiger partial charge on any atom is 0.325 e. The van der Waals surface area contributed by atoms with Crippen LogP contribution >= 0.6 is 0 Å². The molecule has 15 heavy (non-hydrogen) atoms. The minimum absolute atomic E-state index is 0.163. The van der Waals surface area contributed by atoms with Gasteiger partial charge in [-0.3, -0.25) is 4.79 Å². The van der Waals surface area contributed by atoms with Gasteiger partial charge in [-0.1, -0.05) is 24.3 Å². The van der Waals surface area contributed by atoms with Crippen LogP contribution in [-0.2, 0) is 10.7 Å². The van der Waals surface area contributed by atoms with Crippen molar-refractivity contribution in [3.05, 3.63) is 35.4 Å². The van der Waals surface area contributed by atoms with Crippen LogP contribution in [0.15, 0.2) is 24.3 Å². The lowest BCUT2D eigenvalue weighted by Crippen LogP contribution is -2.20. The quantitative estimate of drug-likeness (QED) is 0.809. The van der Waals surface area contributed by atoms with Crippen LogP contribution in [0, 0.1) is 0 Å². The monoisotopic (exact) mass is 215 g/mol. The Morgan fingerprint density at radius 1 is 1.40 bits per heavy atom. The molecule has 0 fully saturated rings. The predicted molar refractivity (Wildman–Crippen MR) is 50.6 cm³/mol. The maximum absolute atomic E-state index is 12.8. The second kappa shape index (κ2) is 3.94. The number of rotatable bonds is 3. The first-order valence-electron chi connectivity index (χ1n) is 4.29. The lowest BCUT2D eigenvalue weighted by Gasteiger charge is -2.12. The van der Waals surface area contributed by atoms with Crippen LogP contribution in [-0.4, -0.2) is 11.1 Å². The molecule has 1 rings (SSSR count). The van der Waals surface area contributed by atoms with E-state index in [1.807, 2.05) is 0 Å². The van der Waals surface area contributed by atoms with Gasteiger partial charge in [0.25, 0.3) is 5.92 Å². The Morgan fingerprint density at radius 3 is 2.20 bits per heavy atom. The van der Waals surface area contributed by atoms with E-state index in [2.05, 4.69) is 0 Å². The fraction of sp³-hybridized carbons (Fsp3) is 0.300.